The second-order valence-corrected chi connectivity index (χ2v) is 11.1. The zero-order chi connectivity index (χ0) is 22.6. The van der Waals surface area contributed by atoms with Gasteiger partial charge in [-0.25, -0.2) is 0 Å². The Morgan fingerprint density at radius 3 is 2.25 bits per heavy atom. The van der Waals surface area contributed by atoms with Crippen molar-refractivity contribution in [3.05, 3.63) is 70.6 Å². The van der Waals surface area contributed by atoms with Gasteiger partial charge in [0.05, 0.1) is 0 Å². The Hall–Kier alpha value is -1.98. The van der Waals surface area contributed by atoms with E-state index in [2.05, 4.69) is 86.0 Å². The predicted molar refractivity (Wildman–Crippen MR) is 139 cm³/mol. The molecule has 4 rings (SSSR count). The molecule has 2 aromatic carbocycles. The minimum atomic E-state index is 0.164. The van der Waals surface area contributed by atoms with Crippen LogP contribution < -0.4 is 16.4 Å². The molecule has 0 radical (unpaired) electrons. The smallest absolute Gasteiger partial charge is 0.0424 e. The topological polar surface area (TPSA) is 50.1 Å². The summed E-state index contributed by atoms with van der Waals surface area (Å²) in [5.41, 5.74) is 12.4. The molecular formula is C28H37N3S. The molecule has 0 saturated carbocycles. The van der Waals surface area contributed by atoms with Crippen LogP contribution in [0.15, 0.2) is 54.6 Å². The van der Waals surface area contributed by atoms with E-state index in [1.807, 2.05) is 11.3 Å². The number of rotatable bonds is 7. The summed E-state index contributed by atoms with van der Waals surface area (Å²) in [6.45, 7) is 11.7. The first-order valence-electron chi connectivity index (χ1n) is 11.9. The number of hydrogen-bond donors (Lipinski definition) is 3. The Balaban J connectivity index is 1.59. The molecule has 32 heavy (non-hydrogen) atoms. The van der Waals surface area contributed by atoms with Gasteiger partial charge in [0.15, 0.2) is 0 Å². The predicted octanol–water partition coefficient (Wildman–Crippen LogP) is 5.93. The highest BCUT2D eigenvalue weighted by atomic mass is 32.1. The van der Waals surface area contributed by atoms with E-state index in [9.17, 15) is 0 Å². The minimum Gasteiger partial charge on any atom is -0.326 e. The molecule has 4 N–H and O–H groups in total. The maximum atomic E-state index is 5.82. The van der Waals surface area contributed by atoms with Crippen molar-refractivity contribution >= 4 is 11.3 Å². The van der Waals surface area contributed by atoms with Crippen molar-refractivity contribution in [3.8, 4) is 21.6 Å². The van der Waals surface area contributed by atoms with Crippen molar-refractivity contribution in [3.63, 3.8) is 0 Å². The Morgan fingerprint density at radius 2 is 1.62 bits per heavy atom. The van der Waals surface area contributed by atoms with Gasteiger partial charge in [-0.15, -0.1) is 11.3 Å². The van der Waals surface area contributed by atoms with Gasteiger partial charge in [-0.2, -0.15) is 0 Å². The first-order valence-corrected chi connectivity index (χ1v) is 12.7. The molecule has 1 aromatic heterocycles. The highest BCUT2D eigenvalue weighted by molar-refractivity contribution is 7.16. The van der Waals surface area contributed by atoms with E-state index in [1.54, 1.807) is 0 Å². The molecule has 0 atom stereocenters. The minimum absolute atomic E-state index is 0.164. The van der Waals surface area contributed by atoms with Crippen molar-refractivity contribution in [1.82, 2.24) is 10.6 Å². The summed E-state index contributed by atoms with van der Waals surface area (Å²) in [7, 11) is 0. The lowest BCUT2D eigenvalue weighted by Gasteiger charge is -2.22. The van der Waals surface area contributed by atoms with Crippen LogP contribution in [0.25, 0.3) is 21.6 Å². The van der Waals surface area contributed by atoms with Crippen LogP contribution in [0.4, 0.5) is 0 Å². The lowest BCUT2D eigenvalue weighted by Crippen LogP contribution is -2.33. The molecular weight excluding hydrogens is 410 g/mol. The number of nitrogens with two attached hydrogens (primary N) is 1. The maximum Gasteiger partial charge on any atom is 0.0424 e. The fourth-order valence-electron chi connectivity index (χ4n) is 4.39. The van der Waals surface area contributed by atoms with Crippen molar-refractivity contribution < 1.29 is 0 Å². The normalized spacial score (nSPS) is 15.2. The van der Waals surface area contributed by atoms with Crippen molar-refractivity contribution in [2.75, 3.05) is 19.6 Å². The maximum absolute atomic E-state index is 5.82. The first-order chi connectivity index (χ1) is 15.4. The summed E-state index contributed by atoms with van der Waals surface area (Å²) in [4.78, 5) is 2.74. The Kier molecular flexibility index (Phi) is 7.47. The molecule has 3 nitrogen and oxygen atoms in total. The monoisotopic (exact) mass is 447 g/mol. The summed E-state index contributed by atoms with van der Waals surface area (Å²) in [6, 6.07) is 20.2. The average Bonchev–Trinajstić information content (AvgIpc) is 3.23. The molecule has 1 aliphatic heterocycles. The molecule has 0 unspecified atom stereocenters. The largest absolute Gasteiger partial charge is 0.326 e. The molecule has 4 heteroatoms. The van der Waals surface area contributed by atoms with Crippen molar-refractivity contribution in [2.24, 2.45) is 11.7 Å². The summed E-state index contributed by atoms with van der Waals surface area (Å²) in [5, 5.41) is 7.19. The Morgan fingerprint density at radius 1 is 0.969 bits per heavy atom. The van der Waals surface area contributed by atoms with Gasteiger partial charge in [-0.1, -0.05) is 69.3 Å². The van der Waals surface area contributed by atoms with Crippen LogP contribution in [-0.4, -0.2) is 19.6 Å². The highest BCUT2D eigenvalue weighted by Crippen LogP contribution is 2.40. The zero-order valence-electron chi connectivity index (χ0n) is 19.7. The van der Waals surface area contributed by atoms with E-state index in [0.29, 0.717) is 6.54 Å². The number of benzene rings is 2. The summed E-state index contributed by atoms with van der Waals surface area (Å²) in [6.07, 6.45) is 2.56. The van der Waals surface area contributed by atoms with E-state index in [-0.39, 0.29) is 5.41 Å². The third-order valence-corrected chi connectivity index (χ3v) is 7.67. The summed E-state index contributed by atoms with van der Waals surface area (Å²) >= 11 is 1.91. The highest BCUT2D eigenvalue weighted by Gasteiger charge is 2.17. The Bertz CT molecular complexity index is 991. The number of piperidine rings is 1. The van der Waals surface area contributed by atoms with E-state index in [1.165, 1.54) is 50.4 Å². The molecule has 1 fully saturated rings. The molecule has 3 aromatic rings. The van der Waals surface area contributed by atoms with Gasteiger partial charge in [-0.05, 0) is 72.1 Å². The molecule has 1 aliphatic rings. The van der Waals surface area contributed by atoms with Crippen LogP contribution in [0.2, 0.25) is 0 Å². The van der Waals surface area contributed by atoms with Gasteiger partial charge in [0.2, 0.25) is 0 Å². The van der Waals surface area contributed by atoms with Crippen LogP contribution in [0.3, 0.4) is 0 Å². The van der Waals surface area contributed by atoms with Crippen LogP contribution >= 0.6 is 11.3 Å². The molecule has 0 bridgehead atoms. The van der Waals surface area contributed by atoms with E-state index in [0.717, 1.165) is 32.1 Å². The van der Waals surface area contributed by atoms with Crippen LogP contribution in [0.5, 0.6) is 0 Å². The number of thiophene rings is 1. The third-order valence-electron chi connectivity index (χ3n) is 6.49. The zero-order valence-corrected chi connectivity index (χ0v) is 20.5. The van der Waals surface area contributed by atoms with Gasteiger partial charge in [0, 0.05) is 28.4 Å². The number of hydrogen-bond acceptors (Lipinski definition) is 4. The molecule has 0 amide bonds. The van der Waals surface area contributed by atoms with Gasteiger partial charge >= 0.3 is 0 Å². The fraction of sp³-hybridized carbons (Fsp3) is 0.429. The Labute approximate surface area is 197 Å². The first kappa shape index (κ1) is 23.2. The van der Waals surface area contributed by atoms with Gasteiger partial charge in [0.25, 0.3) is 0 Å². The van der Waals surface area contributed by atoms with Gasteiger partial charge < -0.3 is 16.4 Å². The van der Waals surface area contributed by atoms with E-state index in [4.69, 9.17) is 5.73 Å². The lowest BCUT2D eigenvalue weighted by molar-refractivity contribution is 0.357. The lowest BCUT2D eigenvalue weighted by atomic mass is 9.86. The number of nitrogens with one attached hydrogen (secondary N) is 2. The second kappa shape index (κ2) is 10.3. The molecule has 170 valence electrons. The van der Waals surface area contributed by atoms with E-state index >= 15 is 0 Å². The SMILES string of the molecule is CC(C)(C)c1ccc(-c2cc(CNCC3CCNCC3)sc2-c2ccc(CN)cc2)cc1. The fourth-order valence-corrected chi connectivity index (χ4v) is 5.54. The molecule has 0 aliphatic carbocycles. The second-order valence-electron chi connectivity index (χ2n) is 10.0. The standard InChI is InChI=1S/C28H37N3S/c1-28(2,3)24-10-8-22(9-11-24)26-16-25(19-31-18-21-12-14-30-15-13-21)32-27(26)23-6-4-20(17-29)5-7-23/h4-11,16,21,30-31H,12-15,17-19,29H2,1-3H3. The van der Waals surface area contributed by atoms with Crippen molar-refractivity contribution in [1.29, 1.82) is 0 Å². The van der Waals surface area contributed by atoms with Crippen LogP contribution in [0.1, 0.15) is 49.6 Å². The van der Waals surface area contributed by atoms with Crippen molar-refractivity contribution in [2.45, 2.75) is 52.1 Å². The van der Waals surface area contributed by atoms with Crippen LogP contribution in [-0.2, 0) is 18.5 Å². The van der Waals surface area contributed by atoms with Gasteiger partial charge in [-0.3, -0.25) is 0 Å². The molecule has 1 saturated heterocycles. The average molecular weight is 448 g/mol. The third kappa shape index (κ3) is 5.68. The molecule has 0 spiro atoms. The molecule has 2 heterocycles. The van der Waals surface area contributed by atoms with E-state index < -0.39 is 0 Å². The quantitative estimate of drug-likeness (QED) is 0.421. The summed E-state index contributed by atoms with van der Waals surface area (Å²) in [5.74, 6) is 0.795. The van der Waals surface area contributed by atoms with Crippen LogP contribution in [0, 0.1) is 5.92 Å². The summed E-state index contributed by atoms with van der Waals surface area (Å²) < 4.78 is 0. The van der Waals surface area contributed by atoms with Gasteiger partial charge in [0.1, 0.15) is 0 Å².